The second-order valence-electron chi connectivity index (χ2n) is 4.04. The highest BCUT2D eigenvalue weighted by atomic mass is 127. The van der Waals surface area contributed by atoms with Gasteiger partial charge in [-0.05, 0) is 42.0 Å². The second-order valence-corrected chi connectivity index (χ2v) is 5.29. The van der Waals surface area contributed by atoms with Crippen LogP contribution in [0, 0.1) is 3.57 Å². The van der Waals surface area contributed by atoms with Gasteiger partial charge in [0.05, 0.1) is 0 Å². The van der Waals surface area contributed by atoms with Crippen molar-refractivity contribution >= 4 is 28.5 Å². The Balaban J connectivity index is 2.14. The van der Waals surface area contributed by atoms with Crippen LogP contribution >= 0.6 is 22.6 Å². The average molecular weight is 332 g/mol. The van der Waals surface area contributed by atoms with Crippen molar-refractivity contribution in [2.24, 2.45) is 0 Å². The Morgan fingerprint density at radius 2 is 2.25 bits per heavy atom. The molecular formula is C11H17IN4. The maximum absolute atomic E-state index is 4.42. The lowest BCUT2D eigenvalue weighted by atomic mass is 10.2. The van der Waals surface area contributed by atoms with E-state index in [1.165, 1.54) is 6.42 Å². The third-order valence-electron chi connectivity index (χ3n) is 2.80. The zero-order valence-corrected chi connectivity index (χ0v) is 11.6. The molecule has 0 radical (unpaired) electrons. The lowest BCUT2D eigenvalue weighted by molar-refractivity contribution is 0.609. The first-order valence-corrected chi connectivity index (χ1v) is 6.84. The van der Waals surface area contributed by atoms with Crippen molar-refractivity contribution in [1.82, 2.24) is 15.3 Å². The van der Waals surface area contributed by atoms with Crippen LogP contribution < -0.4 is 10.2 Å². The van der Waals surface area contributed by atoms with Gasteiger partial charge in [0.25, 0.3) is 0 Å². The molecule has 88 valence electrons. The quantitative estimate of drug-likeness (QED) is 0.852. The van der Waals surface area contributed by atoms with Gasteiger partial charge in [-0.3, -0.25) is 0 Å². The number of hydrogen-bond donors (Lipinski definition) is 1. The number of hydrogen-bond acceptors (Lipinski definition) is 4. The molecule has 0 amide bonds. The highest BCUT2D eigenvalue weighted by Crippen LogP contribution is 2.16. The van der Waals surface area contributed by atoms with E-state index in [1.54, 1.807) is 0 Å². The van der Waals surface area contributed by atoms with Crippen molar-refractivity contribution in [3.63, 3.8) is 0 Å². The third kappa shape index (κ3) is 2.82. The molecule has 1 aromatic heterocycles. The van der Waals surface area contributed by atoms with Crippen LogP contribution in [0.15, 0.2) is 12.4 Å². The zero-order chi connectivity index (χ0) is 11.4. The first-order chi connectivity index (χ1) is 7.81. The fraction of sp³-hybridized carbons (Fsp3) is 0.636. The highest BCUT2D eigenvalue weighted by molar-refractivity contribution is 14.1. The minimum atomic E-state index is 0.556. The monoisotopic (exact) mass is 332 g/mol. The molecule has 0 bridgehead atoms. The van der Waals surface area contributed by atoms with Gasteiger partial charge in [0, 0.05) is 35.1 Å². The van der Waals surface area contributed by atoms with E-state index in [0.717, 1.165) is 35.6 Å². The minimum absolute atomic E-state index is 0.556. The van der Waals surface area contributed by atoms with Crippen LogP contribution in [0.5, 0.6) is 0 Å². The average Bonchev–Trinajstić information content (AvgIpc) is 2.81. The molecular weight excluding hydrogens is 315 g/mol. The summed E-state index contributed by atoms with van der Waals surface area (Å²) in [7, 11) is 0. The first kappa shape index (κ1) is 12.0. The third-order valence-corrected chi connectivity index (χ3v) is 3.36. The Labute approximate surface area is 110 Å². The van der Waals surface area contributed by atoms with Gasteiger partial charge in [0.1, 0.15) is 0 Å². The second kappa shape index (κ2) is 5.77. The highest BCUT2D eigenvalue weighted by Gasteiger charge is 2.23. The number of nitrogens with one attached hydrogen (secondary N) is 1. The van der Waals surface area contributed by atoms with Crippen LogP contribution in [-0.2, 0) is 0 Å². The largest absolute Gasteiger partial charge is 0.337 e. The number of rotatable bonds is 4. The topological polar surface area (TPSA) is 41.1 Å². The van der Waals surface area contributed by atoms with Crippen LogP contribution in [0.4, 0.5) is 5.95 Å². The first-order valence-electron chi connectivity index (χ1n) is 5.76. The van der Waals surface area contributed by atoms with Crippen molar-refractivity contribution in [1.29, 1.82) is 0 Å². The molecule has 2 heterocycles. The molecule has 1 unspecified atom stereocenters. The predicted molar refractivity (Wildman–Crippen MR) is 73.7 cm³/mol. The maximum atomic E-state index is 4.42. The van der Waals surface area contributed by atoms with E-state index >= 15 is 0 Å². The van der Waals surface area contributed by atoms with Crippen molar-refractivity contribution in [3.8, 4) is 0 Å². The Morgan fingerprint density at radius 1 is 1.50 bits per heavy atom. The number of anilines is 1. The summed E-state index contributed by atoms with van der Waals surface area (Å²) in [4.78, 5) is 11.2. The number of nitrogens with zero attached hydrogens (tertiary/aromatic N) is 3. The normalized spacial score (nSPS) is 20.0. The van der Waals surface area contributed by atoms with E-state index in [-0.39, 0.29) is 0 Å². The van der Waals surface area contributed by atoms with Gasteiger partial charge in [-0.25, -0.2) is 9.97 Å². The summed E-state index contributed by atoms with van der Waals surface area (Å²) < 4.78 is 1.09. The van der Waals surface area contributed by atoms with Crippen LogP contribution in [0.2, 0.25) is 0 Å². The smallest absolute Gasteiger partial charge is 0.225 e. The summed E-state index contributed by atoms with van der Waals surface area (Å²) in [5, 5.41) is 3.39. The number of halogens is 1. The van der Waals surface area contributed by atoms with Crippen molar-refractivity contribution in [2.75, 3.05) is 24.5 Å². The van der Waals surface area contributed by atoms with Gasteiger partial charge in [-0.1, -0.05) is 6.92 Å². The molecule has 2 rings (SSSR count). The zero-order valence-electron chi connectivity index (χ0n) is 9.49. The molecule has 0 aliphatic carbocycles. The van der Waals surface area contributed by atoms with E-state index < -0.39 is 0 Å². The Morgan fingerprint density at radius 3 is 2.81 bits per heavy atom. The summed E-state index contributed by atoms with van der Waals surface area (Å²) >= 11 is 2.23. The summed E-state index contributed by atoms with van der Waals surface area (Å²) in [6, 6.07) is 0.556. The molecule has 1 aliphatic heterocycles. The van der Waals surface area contributed by atoms with Gasteiger partial charge in [-0.15, -0.1) is 0 Å². The molecule has 1 aromatic rings. The van der Waals surface area contributed by atoms with Crippen molar-refractivity contribution < 1.29 is 0 Å². The lowest BCUT2D eigenvalue weighted by Gasteiger charge is -2.27. The van der Waals surface area contributed by atoms with E-state index in [4.69, 9.17) is 0 Å². The lowest BCUT2D eigenvalue weighted by Crippen LogP contribution is -2.38. The molecule has 1 atom stereocenters. The summed E-state index contributed by atoms with van der Waals surface area (Å²) in [5.74, 6) is 0.871. The van der Waals surface area contributed by atoms with Gasteiger partial charge < -0.3 is 10.2 Å². The van der Waals surface area contributed by atoms with Gasteiger partial charge in [0.15, 0.2) is 0 Å². The Bertz CT molecular complexity index is 321. The summed E-state index contributed by atoms with van der Waals surface area (Å²) in [5.41, 5.74) is 0. The fourth-order valence-corrected chi connectivity index (χ4v) is 2.32. The van der Waals surface area contributed by atoms with E-state index in [0.29, 0.717) is 6.04 Å². The summed E-state index contributed by atoms with van der Waals surface area (Å²) in [6.45, 7) is 5.39. The molecule has 0 aromatic carbocycles. The van der Waals surface area contributed by atoms with Crippen LogP contribution in [0.1, 0.15) is 19.8 Å². The van der Waals surface area contributed by atoms with E-state index in [9.17, 15) is 0 Å². The standard InChI is InChI=1S/C11H17IN4/c1-2-5-16(10-3-4-13-8-10)11-14-6-9(12)7-15-11/h6-7,10,13H,2-5,8H2,1H3. The van der Waals surface area contributed by atoms with Crippen LogP contribution in [0.3, 0.4) is 0 Å². The molecule has 1 aliphatic rings. The van der Waals surface area contributed by atoms with Gasteiger partial charge in [-0.2, -0.15) is 0 Å². The molecule has 16 heavy (non-hydrogen) atoms. The molecule has 4 nitrogen and oxygen atoms in total. The van der Waals surface area contributed by atoms with Crippen molar-refractivity contribution in [2.45, 2.75) is 25.8 Å². The van der Waals surface area contributed by atoms with E-state index in [1.807, 2.05) is 12.4 Å². The molecule has 1 fully saturated rings. The molecule has 1 N–H and O–H groups in total. The van der Waals surface area contributed by atoms with Gasteiger partial charge in [0.2, 0.25) is 5.95 Å². The summed E-state index contributed by atoms with van der Waals surface area (Å²) in [6.07, 6.45) is 6.09. The molecule has 5 heteroatoms. The molecule has 1 saturated heterocycles. The van der Waals surface area contributed by atoms with Crippen molar-refractivity contribution in [3.05, 3.63) is 16.0 Å². The predicted octanol–water partition coefficient (Wildman–Crippen LogP) is 1.66. The Kier molecular flexibility index (Phi) is 4.34. The minimum Gasteiger partial charge on any atom is -0.337 e. The SMILES string of the molecule is CCCN(c1ncc(I)cn1)C1CCNC1. The molecule has 0 saturated carbocycles. The number of aromatic nitrogens is 2. The van der Waals surface area contributed by atoms with Crippen LogP contribution in [-0.4, -0.2) is 35.6 Å². The van der Waals surface area contributed by atoms with E-state index in [2.05, 4.69) is 49.7 Å². The van der Waals surface area contributed by atoms with Gasteiger partial charge >= 0.3 is 0 Å². The molecule has 0 spiro atoms. The maximum Gasteiger partial charge on any atom is 0.225 e. The van der Waals surface area contributed by atoms with Crippen LogP contribution in [0.25, 0.3) is 0 Å². The fourth-order valence-electron chi connectivity index (χ4n) is 2.05. The Hall–Kier alpha value is -0.430.